The van der Waals surface area contributed by atoms with E-state index in [0.29, 0.717) is 0 Å². The molecule has 4 nitrogen and oxygen atoms in total. The van der Waals surface area contributed by atoms with Crippen molar-refractivity contribution >= 4 is 34.1 Å². The summed E-state index contributed by atoms with van der Waals surface area (Å²) in [5.74, 6) is 0.121. The average molecular weight is 426 g/mol. The van der Waals surface area contributed by atoms with E-state index in [4.69, 9.17) is 0 Å². The molecule has 4 aromatic rings. The van der Waals surface area contributed by atoms with Crippen LogP contribution in [0.5, 0.6) is 0 Å². The summed E-state index contributed by atoms with van der Waals surface area (Å²) in [5, 5.41) is 11.7. The predicted octanol–water partition coefficient (Wildman–Crippen LogP) is 5.76. The van der Waals surface area contributed by atoms with Crippen molar-refractivity contribution in [3.8, 4) is 11.3 Å². The first kappa shape index (κ1) is 19.8. The van der Waals surface area contributed by atoms with E-state index in [9.17, 15) is 4.79 Å². The first-order valence-electron chi connectivity index (χ1n) is 10.6. The van der Waals surface area contributed by atoms with Crippen LogP contribution in [0.2, 0.25) is 0 Å². The molecule has 0 saturated heterocycles. The van der Waals surface area contributed by atoms with Crippen LogP contribution in [0.4, 0.5) is 5.69 Å². The van der Waals surface area contributed by atoms with Crippen LogP contribution in [0, 0.1) is 0 Å². The molecule has 3 aromatic carbocycles. The minimum absolute atomic E-state index is 0.121. The molecule has 0 spiro atoms. The number of carbonyl (C=O) groups is 1. The Morgan fingerprint density at radius 2 is 1.61 bits per heavy atom. The van der Waals surface area contributed by atoms with E-state index in [0.717, 1.165) is 52.1 Å². The van der Waals surface area contributed by atoms with E-state index in [-0.39, 0.29) is 11.2 Å². The highest BCUT2D eigenvalue weighted by molar-refractivity contribution is 8.00. The topological polar surface area (TPSA) is 46.1 Å². The predicted molar refractivity (Wildman–Crippen MR) is 127 cm³/mol. The molecule has 1 unspecified atom stereocenters. The van der Waals surface area contributed by atoms with Gasteiger partial charge in [-0.25, -0.2) is 0 Å². The molecule has 1 amide bonds. The molecule has 0 aliphatic carbocycles. The highest BCUT2D eigenvalue weighted by Gasteiger charge is 2.27. The molecule has 154 valence electrons. The number of amides is 1. The van der Waals surface area contributed by atoms with Gasteiger partial charge in [0.05, 0.1) is 5.25 Å². The summed E-state index contributed by atoms with van der Waals surface area (Å²) in [7, 11) is 0. The van der Waals surface area contributed by atoms with Crippen LogP contribution in [0.25, 0.3) is 22.0 Å². The minimum Gasteiger partial charge on any atom is -0.311 e. The number of carbonyl (C=O) groups excluding carboxylic acids is 1. The molecule has 0 saturated carbocycles. The van der Waals surface area contributed by atoms with Gasteiger partial charge in [0.25, 0.3) is 0 Å². The number of nitrogens with zero attached hydrogens (tertiary/aromatic N) is 3. The van der Waals surface area contributed by atoms with Crippen molar-refractivity contribution in [1.29, 1.82) is 0 Å². The molecular weight excluding hydrogens is 402 g/mol. The zero-order valence-corrected chi connectivity index (χ0v) is 18.2. The molecule has 5 heteroatoms. The van der Waals surface area contributed by atoms with E-state index in [1.54, 1.807) is 0 Å². The number of aryl methyl sites for hydroxylation is 1. The lowest BCUT2D eigenvalue weighted by molar-refractivity contribution is -0.117. The first-order valence-corrected chi connectivity index (χ1v) is 11.5. The highest BCUT2D eigenvalue weighted by atomic mass is 32.2. The van der Waals surface area contributed by atoms with Gasteiger partial charge in [-0.2, -0.15) is 0 Å². The molecule has 0 N–H and O–H groups in total. The molecule has 0 radical (unpaired) electrons. The monoisotopic (exact) mass is 425 g/mol. The molecular formula is C26H23N3OS. The Bertz CT molecular complexity index is 1240. The highest BCUT2D eigenvalue weighted by Crippen LogP contribution is 2.35. The van der Waals surface area contributed by atoms with E-state index in [1.165, 1.54) is 17.3 Å². The molecule has 2 heterocycles. The largest absolute Gasteiger partial charge is 0.311 e. The van der Waals surface area contributed by atoms with Gasteiger partial charge in [-0.1, -0.05) is 84.6 Å². The lowest BCUT2D eigenvalue weighted by Gasteiger charge is -2.31. The number of anilines is 1. The first-order chi connectivity index (χ1) is 15.2. The van der Waals surface area contributed by atoms with Crippen molar-refractivity contribution in [3.63, 3.8) is 0 Å². The van der Waals surface area contributed by atoms with Gasteiger partial charge in [-0.15, -0.1) is 10.2 Å². The number of hydrogen-bond donors (Lipinski definition) is 0. The fourth-order valence-corrected chi connectivity index (χ4v) is 5.13. The third-order valence-corrected chi connectivity index (χ3v) is 6.79. The standard InChI is InChI=1S/C26H23N3OS/c1-18(26(30)29-17-9-13-19-10-5-8-16-23(19)29)31-25-22-15-7-6-14-21(22)24(27-28-25)20-11-3-2-4-12-20/h2-8,10-12,14-16,18H,9,13,17H2,1H3. The Morgan fingerprint density at radius 3 is 2.45 bits per heavy atom. The average Bonchev–Trinajstić information content (AvgIpc) is 2.84. The van der Waals surface area contributed by atoms with Gasteiger partial charge in [0.1, 0.15) is 10.7 Å². The Hall–Kier alpha value is -3.18. The normalized spacial score (nSPS) is 14.3. The summed E-state index contributed by atoms with van der Waals surface area (Å²) in [6.45, 7) is 2.73. The zero-order chi connectivity index (χ0) is 21.2. The van der Waals surface area contributed by atoms with Crippen molar-refractivity contribution in [2.24, 2.45) is 0 Å². The third-order valence-electron chi connectivity index (χ3n) is 5.71. The van der Waals surface area contributed by atoms with Crippen molar-refractivity contribution in [1.82, 2.24) is 10.2 Å². The van der Waals surface area contributed by atoms with Gasteiger partial charge in [0.15, 0.2) is 0 Å². The van der Waals surface area contributed by atoms with Crippen LogP contribution in [0.15, 0.2) is 83.9 Å². The summed E-state index contributed by atoms with van der Waals surface area (Å²) in [6, 6.07) is 26.5. The fraction of sp³-hybridized carbons (Fsp3) is 0.192. The number of hydrogen-bond acceptors (Lipinski definition) is 4. The second kappa shape index (κ2) is 8.52. The van der Waals surface area contributed by atoms with Crippen LogP contribution in [0.3, 0.4) is 0 Å². The summed E-state index contributed by atoms with van der Waals surface area (Å²) in [5.41, 5.74) is 4.19. The molecule has 0 bridgehead atoms. The molecule has 1 atom stereocenters. The van der Waals surface area contributed by atoms with Gasteiger partial charge in [0.2, 0.25) is 5.91 Å². The van der Waals surface area contributed by atoms with Crippen LogP contribution < -0.4 is 4.90 Å². The van der Waals surface area contributed by atoms with Gasteiger partial charge < -0.3 is 4.90 Å². The molecule has 5 rings (SSSR count). The van der Waals surface area contributed by atoms with Gasteiger partial charge >= 0.3 is 0 Å². The quantitative estimate of drug-likeness (QED) is 0.390. The van der Waals surface area contributed by atoms with Crippen LogP contribution in [-0.2, 0) is 11.2 Å². The number of rotatable bonds is 4. The van der Waals surface area contributed by atoms with Gasteiger partial charge in [-0.05, 0) is 31.4 Å². The summed E-state index contributed by atoms with van der Waals surface area (Å²) in [6.07, 6.45) is 2.02. The zero-order valence-electron chi connectivity index (χ0n) is 17.4. The van der Waals surface area contributed by atoms with Crippen LogP contribution >= 0.6 is 11.8 Å². The van der Waals surface area contributed by atoms with Crippen LogP contribution in [-0.4, -0.2) is 27.9 Å². The molecule has 1 aromatic heterocycles. The summed E-state index contributed by atoms with van der Waals surface area (Å²) < 4.78 is 0. The number of aromatic nitrogens is 2. The molecule has 1 aliphatic heterocycles. The van der Waals surface area contributed by atoms with E-state index in [1.807, 2.05) is 72.5 Å². The van der Waals surface area contributed by atoms with Crippen LogP contribution in [0.1, 0.15) is 18.9 Å². The van der Waals surface area contributed by atoms with Crippen molar-refractivity contribution in [3.05, 3.63) is 84.4 Å². The molecule has 1 aliphatic rings. The van der Waals surface area contributed by atoms with E-state index >= 15 is 0 Å². The Kier molecular flexibility index (Phi) is 5.43. The van der Waals surface area contributed by atoms with E-state index < -0.39 is 0 Å². The van der Waals surface area contributed by atoms with Crippen molar-refractivity contribution in [2.75, 3.05) is 11.4 Å². The van der Waals surface area contributed by atoms with Gasteiger partial charge in [0, 0.05) is 28.6 Å². The maximum atomic E-state index is 13.3. The van der Waals surface area contributed by atoms with Crippen molar-refractivity contribution in [2.45, 2.75) is 30.0 Å². The fourth-order valence-electron chi connectivity index (χ4n) is 4.18. The maximum absolute atomic E-state index is 13.3. The summed E-state index contributed by atoms with van der Waals surface area (Å²) >= 11 is 1.49. The molecule has 0 fully saturated rings. The van der Waals surface area contributed by atoms with E-state index in [2.05, 4.69) is 28.4 Å². The Labute approximate surface area is 186 Å². The third kappa shape index (κ3) is 3.81. The SMILES string of the molecule is CC(Sc1nnc(-c2ccccc2)c2ccccc12)C(=O)N1CCCc2ccccc21. The number of thioether (sulfide) groups is 1. The molecule has 31 heavy (non-hydrogen) atoms. The number of fused-ring (bicyclic) bond motifs is 2. The van der Waals surface area contributed by atoms with Crippen molar-refractivity contribution < 1.29 is 4.79 Å². The summed E-state index contributed by atoms with van der Waals surface area (Å²) in [4.78, 5) is 15.3. The number of benzene rings is 3. The Morgan fingerprint density at radius 1 is 0.903 bits per heavy atom. The maximum Gasteiger partial charge on any atom is 0.240 e. The lowest BCUT2D eigenvalue weighted by Crippen LogP contribution is -2.40. The number of para-hydroxylation sites is 1. The second-order valence-electron chi connectivity index (χ2n) is 7.75. The Balaban J connectivity index is 1.46. The minimum atomic E-state index is -0.258. The smallest absolute Gasteiger partial charge is 0.240 e. The van der Waals surface area contributed by atoms with Gasteiger partial charge in [-0.3, -0.25) is 4.79 Å². The lowest BCUT2D eigenvalue weighted by atomic mass is 10.0. The second-order valence-corrected chi connectivity index (χ2v) is 9.08.